The van der Waals surface area contributed by atoms with Crippen LogP contribution in [0.5, 0.6) is 0 Å². The predicted molar refractivity (Wildman–Crippen MR) is 125 cm³/mol. The van der Waals surface area contributed by atoms with Crippen molar-refractivity contribution in [3.63, 3.8) is 0 Å². The number of nitrogens with zero attached hydrogens (tertiary/aromatic N) is 5. The first kappa shape index (κ1) is 20.6. The third-order valence-electron chi connectivity index (χ3n) is 6.22. The molecule has 0 bridgehead atoms. The number of benzene rings is 2. The number of H-pyrrole nitrogens is 1. The summed E-state index contributed by atoms with van der Waals surface area (Å²) >= 11 is 0. The summed E-state index contributed by atoms with van der Waals surface area (Å²) in [6.45, 7) is 9.80. The topological polar surface area (TPSA) is 79.7 Å². The summed E-state index contributed by atoms with van der Waals surface area (Å²) < 4.78 is 1.84. The zero-order valence-corrected chi connectivity index (χ0v) is 19.0. The number of aryl methyl sites for hydroxylation is 1. The Morgan fingerprint density at radius 2 is 1.84 bits per heavy atom. The van der Waals surface area contributed by atoms with Gasteiger partial charge in [0.2, 0.25) is 0 Å². The maximum absolute atomic E-state index is 13.4. The van der Waals surface area contributed by atoms with Crippen molar-refractivity contribution in [2.24, 2.45) is 0 Å². The van der Waals surface area contributed by atoms with Crippen molar-refractivity contribution in [1.29, 1.82) is 0 Å². The molecule has 0 fully saturated rings. The molecule has 1 aliphatic heterocycles. The van der Waals surface area contributed by atoms with Gasteiger partial charge in [-0.3, -0.25) is 9.69 Å². The molecule has 4 aromatic rings. The smallest absolute Gasteiger partial charge is 0.253 e. The first-order valence-corrected chi connectivity index (χ1v) is 11.0. The van der Waals surface area contributed by atoms with Crippen LogP contribution in [0, 0.1) is 6.92 Å². The largest absolute Gasteiger partial charge is 0.322 e. The van der Waals surface area contributed by atoms with Crippen LogP contribution in [0.2, 0.25) is 0 Å². The fourth-order valence-corrected chi connectivity index (χ4v) is 4.61. The summed E-state index contributed by atoms with van der Waals surface area (Å²) in [6.07, 6.45) is 0.925. The fourth-order valence-electron chi connectivity index (χ4n) is 4.61. The standard InChI is InChI=1S/C25H28N6O/c1-16-9-10-18-14-20(24(32)26-21(18)13-16)22(23-27-28-29-31(23)25(2,3)4)30-12-11-17-7-5-6-8-19(17)15-30/h5-10,13-14,22H,11-12,15H2,1-4H3,(H,26,32)/t22-/m0/s1. The second-order valence-corrected chi connectivity index (χ2v) is 9.66. The van der Waals surface area contributed by atoms with Crippen LogP contribution in [0.15, 0.2) is 53.3 Å². The van der Waals surface area contributed by atoms with Gasteiger partial charge >= 0.3 is 0 Å². The lowest BCUT2D eigenvalue weighted by molar-refractivity contribution is 0.185. The maximum atomic E-state index is 13.4. The van der Waals surface area contributed by atoms with Gasteiger partial charge in [0.1, 0.15) is 6.04 Å². The second kappa shape index (κ2) is 7.67. The molecule has 0 amide bonds. The van der Waals surface area contributed by atoms with Gasteiger partial charge in [-0.2, -0.15) is 0 Å². The molecule has 0 radical (unpaired) electrons. The van der Waals surface area contributed by atoms with Crippen LogP contribution in [0.3, 0.4) is 0 Å². The number of rotatable bonds is 3. The van der Waals surface area contributed by atoms with Crippen molar-refractivity contribution in [3.05, 3.63) is 87.0 Å². The molecule has 7 heteroatoms. The van der Waals surface area contributed by atoms with Crippen LogP contribution in [-0.2, 0) is 18.5 Å². The highest BCUT2D eigenvalue weighted by Crippen LogP contribution is 2.33. The first-order chi connectivity index (χ1) is 15.3. The van der Waals surface area contributed by atoms with Crippen molar-refractivity contribution in [3.8, 4) is 0 Å². The van der Waals surface area contributed by atoms with Crippen LogP contribution in [0.25, 0.3) is 10.9 Å². The number of fused-ring (bicyclic) bond motifs is 2. The van der Waals surface area contributed by atoms with Crippen molar-refractivity contribution in [2.75, 3.05) is 6.54 Å². The highest BCUT2D eigenvalue weighted by Gasteiger charge is 2.34. The quantitative estimate of drug-likeness (QED) is 0.538. The van der Waals surface area contributed by atoms with E-state index in [1.165, 1.54) is 11.1 Å². The number of aromatic amines is 1. The van der Waals surface area contributed by atoms with E-state index in [9.17, 15) is 4.79 Å². The molecular formula is C25H28N6O. The highest BCUT2D eigenvalue weighted by atomic mass is 16.1. The number of tetrazole rings is 1. The Hall–Kier alpha value is -3.32. The Labute approximate surface area is 187 Å². The first-order valence-electron chi connectivity index (χ1n) is 11.0. The van der Waals surface area contributed by atoms with Gasteiger partial charge in [-0.15, -0.1) is 5.10 Å². The minimum atomic E-state index is -0.355. The average molecular weight is 429 g/mol. The minimum Gasteiger partial charge on any atom is -0.322 e. The van der Waals surface area contributed by atoms with Crippen molar-refractivity contribution in [1.82, 2.24) is 30.1 Å². The molecule has 164 valence electrons. The molecule has 2 aromatic heterocycles. The van der Waals surface area contributed by atoms with Gasteiger partial charge in [-0.1, -0.05) is 36.4 Å². The molecule has 1 aliphatic rings. The number of pyridine rings is 1. The molecule has 0 saturated carbocycles. The second-order valence-electron chi connectivity index (χ2n) is 9.66. The SMILES string of the molecule is Cc1ccc2cc([C@@H](c3nnnn3C(C)(C)C)N3CCc4ccccc4C3)c(=O)[nH]c2c1. The summed E-state index contributed by atoms with van der Waals surface area (Å²) in [5.41, 5.74) is 4.85. The van der Waals surface area contributed by atoms with E-state index in [4.69, 9.17) is 0 Å². The molecule has 2 aromatic carbocycles. The fraction of sp³-hybridized carbons (Fsp3) is 0.360. The van der Waals surface area contributed by atoms with Crippen LogP contribution >= 0.6 is 0 Å². The van der Waals surface area contributed by atoms with Gasteiger partial charge < -0.3 is 4.98 Å². The normalized spacial score (nSPS) is 15.6. The lowest BCUT2D eigenvalue weighted by Gasteiger charge is -2.36. The van der Waals surface area contributed by atoms with Gasteiger partial charge in [0, 0.05) is 24.2 Å². The summed E-state index contributed by atoms with van der Waals surface area (Å²) in [5.74, 6) is 0.689. The highest BCUT2D eigenvalue weighted by molar-refractivity contribution is 5.79. The van der Waals surface area contributed by atoms with E-state index in [1.807, 2.05) is 23.7 Å². The van der Waals surface area contributed by atoms with Crippen LogP contribution in [0.4, 0.5) is 0 Å². The van der Waals surface area contributed by atoms with E-state index in [-0.39, 0.29) is 17.1 Å². The van der Waals surface area contributed by atoms with E-state index in [1.54, 1.807) is 0 Å². The average Bonchev–Trinajstić information content (AvgIpc) is 3.24. The van der Waals surface area contributed by atoms with E-state index in [2.05, 4.69) is 82.6 Å². The number of hydrogen-bond donors (Lipinski definition) is 1. The number of aromatic nitrogens is 5. The lowest BCUT2D eigenvalue weighted by Crippen LogP contribution is -2.40. The maximum Gasteiger partial charge on any atom is 0.253 e. The van der Waals surface area contributed by atoms with E-state index in [0.717, 1.165) is 36.0 Å². The Morgan fingerprint density at radius 1 is 1.06 bits per heavy atom. The molecule has 7 nitrogen and oxygen atoms in total. The van der Waals surface area contributed by atoms with E-state index in [0.29, 0.717) is 11.4 Å². The predicted octanol–water partition coefficient (Wildman–Crippen LogP) is 3.73. The summed E-state index contributed by atoms with van der Waals surface area (Å²) in [4.78, 5) is 18.8. The van der Waals surface area contributed by atoms with Gasteiger partial charge in [-0.05, 0) is 78.8 Å². The number of nitrogens with one attached hydrogen (secondary N) is 1. The van der Waals surface area contributed by atoms with Crippen molar-refractivity contribution < 1.29 is 0 Å². The van der Waals surface area contributed by atoms with Crippen molar-refractivity contribution >= 4 is 10.9 Å². The molecule has 0 aliphatic carbocycles. The van der Waals surface area contributed by atoms with Gasteiger partial charge in [-0.25, -0.2) is 4.68 Å². The van der Waals surface area contributed by atoms with Gasteiger partial charge in [0.05, 0.1) is 5.54 Å². The molecule has 1 atom stereocenters. The van der Waals surface area contributed by atoms with Crippen LogP contribution in [-0.4, -0.2) is 36.6 Å². The van der Waals surface area contributed by atoms with Crippen LogP contribution < -0.4 is 5.56 Å². The van der Waals surface area contributed by atoms with Crippen molar-refractivity contribution in [2.45, 2.75) is 52.2 Å². The monoisotopic (exact) mass is 428 g/mol. The number of hydrogen-bond acceptors (Lipinski definition) is 5. The minimum absolute atomic E-state index is 0.101. The van der Waals surface area contributed by atoms with Crippen LogP contribution in [0.1, 0.15) is 54.9 Å². The zero-order chi connectivity index (χ0) is 22.5. The molecular weight excluding hydrogens is 400 g/mol. The Bertz CT molecular complexity index is 1350. The molecule has 32 heavy (non-hydrogen) atoms. The summed E-state index contributed by atoms with van der Waals surface area (Å²) in [7, 11) is 0. The zero-order valence-electron chi connectivity index (χ0n) is 19.0. The molecule has 0 saturated heterocycles. The Morgan fingerprint density at radius 3 is 2.62 bits per heavy atom. The summed E-state index contributed by atoms with van der Waals surface area (Å²) in [6, 6.07) is 16.3. The summed E-state index contributed by atoms with van der Waals surface area (Å²) in [5, 5.41) is 13.7. The molecule has 3 heterocycles. The Balaban J connectivity index is 1.69. The van der Waals surface area contributed by atoms with Gasteiger partial charge in [0.15, 0.2) is 5.82 Å². The molecule has 5 rings (SSSR count). The van der Waals surface area contributed by atoms with E-state index < -0.39 is 0 Å². The van der Waals surface area contributed by atoms with E-state index >= 15 is 0 Å². The third-order valence-corrected chi connectivity index (χ3v) is 6.22. The molecule has 1 N–H and O–H groups in total. The third kappa shape index (κ3) is 3.62. The lowest BCUT2D eigenvalue weighted by atomic mass is 9.95. The molecule has 0 unspecified atom stereocenters. The van der Waals surface area contributed by atoms with Gasteiger partial charge in [0.25, 0.3) is 5.56 Å². The Kier molecular flexibility index (Phi) is 4.93. The molecule has 0 spiro atoms.